The molecule has 1 aromatic carbocycles. The van der Waals surface area contributed by atoms with Crippen LogP contribution in [0.2, 0.25) is 0 Å². The van der Waals surface area contributed by atoms with Gasteiger partial charge in [0.05, 0.1) is 11.4 Å². The van der Waals surface area contributed by atoms with Gasteiger partial charge in [-0.2, -0.15) is 0 Å². The fourth-order valence-electron chi connectivity index (χ4n) is 1.87. The first kappa shape index (κ1) is 22.0. The van der Waals surface area contributed by atoms with Gasteiger partial charge in [-0.05, 0) is 65.3 Å². The first-order chi connectivity index (χ1) is 12.2. The molecule has 8 nitrogen and oxygen atoms in total. The fourth-order valence-corrected chi connectivity index (χ4v) is 1.87. The molecule has 0 aliphatic rings. The van der Waals surface area contributed by atoms with Gasteiger partial charge in [0.25, 0.3) is 0 Å². The molecule has 0 unspecified atom stereocenters. The summed E-state index contributed by atoms with van der Waals surface area (Å²) in [6.45, 7) is 10.3. The second-order valence-corrected chi connectivity index (χ2v) is 7.73. The van der Waals surface area contributed by atoms with Crippen molar-refractivity contribution in [3.63, 3.8) is 0 Å². The molecular formula is C19H26N2O6. The summed E-state index contributed by atoms with van der Waals surface area (Å²) in [6, 6.07) is 4.63. The van der Waals surface area contributed by atoms with Crippen LogP contribution in [-0.4, -0.2) is 34.5 Å². The Balaban J connectivity index is 3.11. The minimum absolute atomic E-state index is 0.239. The number of hydrogen-bond donors (Lipinski definition) is 3. The second kappa shape index (κ2) is 8.57. The van der Waals surface area contributed by atoms with Crippen LogP contribution < -0.4 is 10.6 Å². The van der Waals surface area contributed by atoms with E-state index in [2.05, 4.69) is 10.6 Å². The molecule has 0 radical (unpaired) electrons. The van der Waals surface area contributed by atoms with Crippen LogP contribution in [0.3, 0.4) is 0 Å². The number of ether oxygens (including phenoxy) is 2. The summed E-state index contributed by atoms with van der Waals surface area (Å²) in [5, 5.41) is 13.9. The van der Waals surface area contributed by atoms with Crippen LogP contribution >= 0.6 is 0 Å². The molecule has 2 amide bonds. The molecule has 0 saturated heterocycles. The lowest BCUT2D eigenvalue weighted by atomic mass is 10.1. The molecule has 1 rings (SSSR count). The molecule has 0 spiro atoms. The highest BCUT2D eigenvalue weighted by atomic mass is 16.6. The van der Waals surface area contributed by atoms with E-state index in [9.17, 15) is 14.4 Å². The van der Waals surface area contributed by atoms with Crippen LogP contribution in [0.1, 0.15) is 47.1 Å². The predicted molar refractivity (Wildman–Crippen MR) is 103 cm³/mol. The summed E-state index contributed by atoms with van der Waals surface area (Å²) in [4.78, 5) is 34.8. The van der Waals surface area contributed by atoms with Gasteiger partial charge in [-0.15, -0.1) is 0 Å². The Kier molecular flexibility index (Phi) is 6.99. The topological polar surface area (TPSA) is 114 Å². The standard InChI is InChI=1S/C19H26N2O6/c1-18(2,3)26-16(24)20-13-9-7-12(8-10-15(22)23)11-14(13)21-17(25)27-19(4,5)6/h7-11H,1-6H3,(H,20,24)(H,21,25)(H,22,23)/b10-8+. The Hall–Kier alpha value is -3.03. The molecular weight excluding hydrogens is 352 g/mol. The molecule has 0 aromatic heterocycles. The molecule has 148 valence electrons. The van der Waals surface area contributed by atoms with E-state index in [0.29, 0.717) is 5.56 Å². The molecule has 0 bridgehead atoms. The van der Waals surface area contributed by atoms with Crippen molar-refractivity contribution in [3.8, 4) is 0 Å². The van der Waals surface area contributed by atoms with Gasteiger partial charge in [-0.25, -0.2) is 14.4 Å². The van der Waals surface area contributed by atoms with Crippen molar-refractivity contribution >= 4 is 35.6 Å². The summed E-state index contributed by atoms with van der Waals surface area (Å²) < 4.78 is 10.4. The number of carbonyl (C=O) groups excluding carboxylic acids is 2. The Morgan fingerprint density at radius 3 is 1.81 bits per heavy atom. The van der Waals surface area contributed by atoms with Crippen molar-refractivity contribution in [2.45, 2.75) is 52.7 Å². The third-order valence-electron chi connectivity index (χ3n) is 2.73. The molecule has 0 saturated carbocycles. The van der Waals surface area contributed by atoms with Crippen LogP contribution in [0.15, 0.2) is 24.3 Å². The molecule has 0 heterocycles. The molecule has 1 aromatic rings. The Bertz CT molecular complexity index is 742. The summed E-state index contributed by atoms with van der Waals surface area (Å²) in [6.07, 6.45) is 0.922. The molecule has 0 aliphatic carbocycles. The first-order valence-corrected chi connectivity index (χ1v) is 8.30. The molecule has 27 heavy (non-hydrogen) atoms. The number of anilines is 2. The molecule has 3 N–H and O–H groups in total. The van der Waals surface area contributed by atoms with Gasteiger partial charge >= 0.3 is 18.2 Å². The zero-order valence-electron chi connectivity index (χ0n) is 16.4. The lowest BCUT2D eigenvalue weighted by molar-refractivity contribution is -0.131. The van der Waals surface area contributed by atoms with E-state index in [0.717, 1.165) is 6.08 Å². The molecule has 0 atom stereocenters. The number of nitrogens with one attached hydrogen (secondary N) is 2. The van der Waals surface area contributed by atoms with Crippen LogP contribution in [0.4, 0.5) is 21.0 Å². The Morgan fingerprint density at radius 1 is 0.889 bits per heavy atom. The van der Waals surface area contributed by atoms with Crippen LogP contribution in [0, 0.1) is 0 Å². The Morgan fingerprint density at radius 2 is 1.37 bits per heavy atom. The minimum atomic E-state index is -1.10. The van der Waals surface area contributed by atoms with E-state index in [-0.39, 0.29) is 11.4 Å². The van der Waals surface area contributed by atoms with Gasteiger partial charge in [-0.1, -0.05) is 6.07 Å². The van der Waals surface area contributed by atoms with Gasteiger partial charge in [-0.3, -0.25) is 10.6 Å². The summed E-state index contributed by atoms with van der Waals surface area (Å²) in [7, 11) is 0. The second-order valence-electron chi connectivity index (χ2n) is 7.73. The number of carboxylic acids is 1. The van der Waals surface area contributed by atoms with Crippen molar-refractivity contribution in [2.24, 2.45) is 0 Å². The molecule has 0 fully saturated rings. The maximum Gasteiger partial charge on any atom is 0.412 e. The van der Waals surface area contributed by atoms with Crippen LogP contribution in [-0.2, 0) is 14.3 Å². The number of rotatable bonds is 4. The van der Waals surface area contributed by atoms with Crippen molar-refractivity contribution < 1.29 is 29.0 Å². The largest absolute Gasteiger partial charge is 0.478 e. The maximum absolute atomic E-state index is 12.1. The average molecular weight is 378 g/mol. The van der Waals surface area contributed by atoms with E-state index >= 15 is 0 Å². The van der Waals surface area contributed by atoms with Crippen LogP contribution in [0.5, 0.6) is 0 Å². The third-order valence-corrected chi connectivity index (χ3v) is 2.73. The highest BCUT2D eigenvalue weighted by Gasteiger charge is 2.20. The van der Waals surface area contributed by atoms with Crippen LogP contribution in [0.25, 0.3) is 6.08 Å². The lowest BCUT2D eigenvalue weighted by Crippen LogP contribution is -2.29. The average Bonchev–Trinajstić information content (AvgIpc) is 2.43. The number of aliphatic carboxylic acids is 1. The van der Waals surface area contributed by atoms with E-state index in [4.69, 9.17) is 14.6 Å². The zero-order chi connectivity index (χ0) is 20.8. The monoisotopic (exact) mass is 378 g/mol. The fraction of sp³-hybridized carbons (Fsp3) is 0.421. The van der Waals surface area contributed by atoms with Crippen molar-refractivity contribution in [2.75, 3.05) is 10.6 Å². The van der Waals surface area contributed by atoms with Gasteiger partial charge in [0.1, 0.15) is 11.2 Å². The zero-order valence-corrected chi connectivity index (χ0v) is 16.4. The summed E-state index contributed by atoms with van der Waals surface area (Å²) >= 11 is 0. The third kappa shape index (κ3) is 9.29. The quantitative estimate of drug-likeness (QED) is 0.666. The number of hydrogen-bond acceptors (Lipinski definition) is 5. The molecule has 8 heteroatoms. The number of benzene rings is 1. The molecule has 0 aliphatic heterocycles. The van der Waals surface area contributed by atoms with Crippen molar-refractivity contribution in [1.29, 1.82) is 0 Å². The van der Waals surface area contributed by atoms with E-state index < -0.39 is 29.4 Å². The summed E-state index contributed by atoms with van der Waals surface area (Å²) in [5.74, 6) is -1.10. The SMILES string of the molecule is CC(C)(C)OC(=O)Nc1ccc(/C=C/C(=O)O)cc1NC(=O)OC(C)(C)C. The van der Waals surface area contributed by atoms with Crippen molar-refractivity contribution in [1.82, 2.24) is 0 Å². The smallest absolute Gasteiger partial charge is 0.412 e. The summed E-state index contributed by atoms with van der Waals surface area (Å²) in [5.41, 5.74) is -0.361. The van der Waals surface area contributed by atoms with Crippen molar-refractivity contribution in [3.05, 3.63) is 29.8 Å². The maximum atomic E-state index is 12.1. The van der Waals surface area contributed by atoms with Gasteiger partial charge < -0.3 is 14.6 Å². The normalized spacial score (nSPS) is 11.8. The highest BCUT2D eigenvalue weighted by molar-refractivity contribution is 5.96. The number of amides is 2. The highest BCUT2D eigenvalue weighted by Crippen LogP contribution is 2.26. The Labute approximate surface area is 158 Å². The minimum Gasteiger partial charge on any atom is -0.478 e. The van der Waals surface area contributed by atoms with E-state index in [1.165, 1.54) is 18.2 Å². The van der Waals surface area contributed by atoms with Gasteiger partial charge in [0, 0.05) is 6.08 Å². The van der Waals surface area contributed by atoms with E-state index in [1.807, 2.05) is 0 Å². The van der Waals surface area contributed by atoms with E-state index in [1.54, 1.807) is 47.6 Å². The number of carbonyl (C=O) groups is 3. The first-order valence-electron chi connectivity index (χ1n) is 8.30. The lowest BCUT2D eigenvalue weighted by Gasteiger charge is -2.22. The van der Waals surface area contributed by atoms with Gasteiger partial charge in [0.2, 0.25) is 0 Å². The predicted octanol–water partition coefficient (Wildman–Crippen LogP) is 4.48. The van der Waals surface area contributed by atoms with Gasteiger partial charge in [0.15, 0.2) is 0 Å². The number of carboxylic acid groups (broad SMARTS) is 1.